The number of hydrogen-bond donors (Lipinski definition) is 4. The molecular formula is C20H20N8S. The van der Waals surface area contributed by atoms with Crippen LogP contribution in [-0.2, 0) is 13.1 Å². The molecule has 8 nitrogen and oxygen atoms in total. The second-order valence-corrected chi connectivity index (χ2v) is 8.13. The fourth-order valence-electron chi connectivity index (χ4n) is 3.48. The summed E-state index contributed by atoms with van der Waals surface area (Å²) in [7, 11) is 0. The molecule has 0 radical (unpaired) electrons. The molecule has 2 aromatic carbocycles. The van der Waals surface area contributed by atoms with Crippen molar-refractivity contribution in [3.05, 3.63) is 59.9 Å². The van der Waals surface area contributed by atoms with Gasteiger partial charge in [-0.25, -0.2) is 9.36 Å². The van der Waals surface area contributed by atoms with Gasteiger partial charge in [-0.15, -0.1) is 11.3 Å². The van der Waals surface area contributed by atoms with Crippen LogP contribution in [0, 0.1) is 0 Å². The summed E-state index contributed by atoms with van der Waals surface area (Å²) in [5.41, 5.74) is 26.8. The lowest BCUT2D eigenvalue weighted by Gasteiger charge is -2.06. The van der Waals surface area contributed by atoms with Crippen molar-refractivity contribution in [2.24, 2.45) is 0 Å². The molecule has 0 spiro atoms. The molecule has 0 aliphatic rings. The SMILES string of the molecule is Nc1cnn(Cc2ccc3sc4ccc(Cn5ncc(N)c5N)cc4c3c2)c1N. The standard InChI is InChI=1S/C20H20N8S/c21-15-7-25-27(19(15)23)9-11-1-3-17-13(5-11)14-6-12(2-4-18(14)29-17)10-28-20(24)16(22)8-26-28/h1-8H,9-10,21-24H2. The summed E-state index contributed by atoms with van der Waals surface area (Å²) in [5, 5.41) is 10.9. The van der Waals surface area contributed by atoms with Crippen molar-refractivity contribution in [2.45, 2.75) is 13.1 Å². The van der Waals surface area contributed by atoms with Gasteiger partial charge in [0.25, 0.3) is 0 Å². The minimum Gasteiger partial charge on any atom is -0.394 e. The molecule has 0 saturated heterocycles. The number of aromatic nitrogens is 4. The van der Waals surface area contributed by atoms with E-state index in [-0.39, 0.29) is 0 Å². The first-order chi connectivity index (χ1) is 14.0. The van der Waals surface area contributed by atoms with Crippen LogP contribution in [0.2, 0.25) is 0 Å². The van der Waals surface area contributed by atoms with E-state index in [9.17, 15) is 0 Å². The molecule has 0 atom stereocenters. The Balaban J connectivity index is 1.54. The minimum atomic E-state index is 0.485. The van der Waals surface area contributed by atoms with Gasteiger partial charge < -0.3 is 22.9 Å². The van der Waals surface area contributed by atoms with Crippen LogP contribution in [0.15, 0.2) is 48.8 Å². The smallest absolute Gasteiger partial charge is 0.145 e. The number of fused-ring (bicyclic) bond motifs is 3. The summed E-state index contributed by atoms with van der Waals surface area (Å²) >= 11 is 1.77. The molecule has 5 aromatic rings. The largest absolute Gasteiger partial charge is 0.394 e. The Morgan fingerprint density at radius 3 is 1.52 bits per heavy atom. The summed E-state index contributed by atoms with van der Waals surface area (Å²) in [5.74, 6) is 0.970. The van der Waals surface area contributed by atoms with Gasteiger partial charge in [0.05, 0.1) is 36.9 Å². The van der Waals surface area contributed by atoms with E-state index in [0.717, 1.165) is 11.1 Å². The Bertz CT molecular complexity index is 1260. The highest BCUT2D eigenvalue weighted by atomic mass is 32.1. The topological polar surface area (TPSA) is 140 Å². The normalized spacial score (nSPS) is 11.6. The Morgan fingerprint density at radius 1 is 0.690 bits per heavy atom. The van der Waals surface area contributed by atoms with Gasteiger partial charge in [-0.3, -0.25) is 0 Å². The number of nitrogens with two attached hydrogens (primary N) is 4. The maximum Gasteiger partial charge on any atom is 0.145 e. The molecule has 3 heterocycles. The molecule has 0 aliphatic carbocycles. The van der Waals surface area contributed by atoms with Crippen LogP contribution >= 0.6 is 11.3 Å². The van der Waals surface area contributed by atoms with Crippen LogP contribution in [0.3, 0.4) is 0 Å². The summed E-state index contributed by atoms with van der Waals surface area (Å²) < 4.78 is 5.89. The lowest BCUT2D eigenvalue weighted by atomic mass is 10.1. The van der Waals surface area contributed by atoms with Crippen molar-refractivity contribution >= 4 is 54.5 Å². The molecule has 0 saturated carbocycles. The Morgan fingerprint density at radius 2 is 1.14 bits per heavy atom. The first-order valence-corrected chi connectivity index (χ1v) is 9.89. The Hall–Kier alpha value is -3.72. The highest BCUT2D eigenvalue weighted by molar-refractivity contribution is 7.25. The van der Waals surface area contributed by atoms with Crippen molar-refractivity contribution in [1.82, 2.24) is 19.6 Å². The van der Waals surface area contributed by atoms with Crippen molar-refractivity contribution in [3.63, 3.8) is 0 Å². The van der Waals surface area contributed by atoms with Crippen molar-refractivity contribution in [3.8, 4) is 0 Å². The van der Waals surface area contributed by atoms with Gasteiger partial charge in [-0.2, -0.15) is 10.2 Å². The predicted octanol–water partition coefficient (Wildman–Crippen LogP) is 2.87. The van der Waals surface area contributed by atoms with Gasteiger partial charge in [0.2, 0.25) is 0 Å². The Labute approximate surface area is 170 Å². The summed E-state index contributed by atoms with van der Waals surface area (Å²) in [6.07, 6.45) is 3.15. The number of nitrogens with zero attached hydrogens (tertiary/aromatic N) is 4. The van der Waals surface area contributed by atoms with Crippen LogP contribution in [0.1, 0.15) is 11.1 Å². The van der Waals surface area contributed by atoms with E-state index in [4.69, 9.17) is 22.9 Å². The first-order valence-electron chi connectivity index (χ1n) is 9.07. The monoisotopic (exact) mass is 404 g/mol. The minimum absolute atomic E-state index is 0.485. The number of nitrogen functional groups attached to an aromatic ring is 4. The van der Waals surface area contributed by atoms with E-state index >= 15 is 0 Å². The molecule has 5 rings (SSSR count). The molecule has 3 aromatic heterocycles. The van der Waals surface area contributed by atoms with E-state index in [0.29, 0.717) is 36.1 Å². The van der Waals surface area contributed by atoms with E-state index in [1.165, 1.54) is 20.2 Å². The van der Waals surface area contributed by atoms with E-state index < -0.39 is 0 Å². The quantitative estimate of drug-likeness (QED) is 0.363. The number of benzene rings is 2. The molecule has 0 fully saturated rings. The third-order valence-corrected chi connectivity index (χ3v) is 6.23. The van der Waals surface area contributed by atoms with Gasteiger partial charge in [-0.1, -0.05) is 12.1 Å². The third-order valence-electron chi connectivity index (χ3n) is 5.08. The van der Waals surface area contributed by atoms with Crippen LogP contribution in [0.5, 0.6) is 0 Å². The molecule has 146 valence electrons. The number of anilines is 4. The van der Waals surface area contributed by atoms with Gasteiger partial charge in [0.1, 0.15) is 11.6 Å². The second-order valence-electron chi connectivity index (χ2n) is 7.05. The molecule has 0 unspecified atom stereocenters. The van der Waals surface area contributed by atoms with Gasteiger partial charge in [0.15, 0.2) is 0 Å². The van der Waals surface area contributed by atoms with Crippen molar-refractivity contribution < 1.29 is 0 Å². The molecule has 8 N–H and O–H groups in total. The second kappa shape index (κ2) is 6.42. The molecule has 0 amide bonds. The maximum absolute atomic E-state index is 5.99. The van der Waals surface area contributed by atoms with Gasteiger partial charge in [-0.05, 0) is 35.4 Å². The third kappa shape index (κ3) is 2.92. The van der Waals surface area contributed by atoms with Crippen LogP contribution < -0.4 is 22.9 Å². The fourth-order valence-corrected chi connectivity index (χ4v) is 4.55. The average Bonchev–Trinajstić information content (AvgIpc) is 3.34. The van der Waals surface area contributed by atoms with Crippen molar-refractivity contribution in [1.29, 1.82) is 0 Å². The van der Waals surface area contributed by atoms with Crippen LogP contribution in [0.4, 0.5) is 23.0 Å². The average molecular weight is 405 g/mol. The van der Waals surface area contributed by atoms with Crippen LogP contribution in [-0.4, -0.2) is 19.6 Å². The molecule has 0 bridgehead atoms. The summed E-state index contributed by atoms with van der Waals surface area (Å²) in [4.78, 5) is 0. The number of thiophene rings is 1. The molecular weight excluding hydrogens is 384 g/mol. The maximum atomic E-state index is 5.99. The summed E-state index contributed by atoms with van der Waals surface area (Å²) in [6, 6.07) is 12.9. The van der Waals surface area contributed by atoms with Gasteiger partial charge in [0, 0.05) is 20.2 Å². The highest BCUT2D eigenvalue weighted by Crippen LogP contribution is 2.35. The van der Waals surface area contributed by atoms with E-state index in [1.54, 1.807) is 33.1 Å². The highest BCUT2D eigenvalue weighted by Gasteiger charge is 2.11. The lowest BCUT2D eigenvalue weighted by Crippen LogP contribution is -2.06. The first kappa shape index (κ1) is 17.4. The zero-order chi connectivity index (χ0) is 20.1. The van der Waals surface area contributed by atoms with Gasteiger partial charge >= 0.3 is 0 Å². The molecule has 29 heavy (non-hydrogen) atoms. The van der Waals surface area contributed by atoms with E-state index in [2.05, 4.69) is 46.6 Å². The zero-order valence-electron chi connectivity index (χ0n) is 15.5. The zero-order valence-corrected chi connectivity index (χ0v) is 16.4. The molecule has 0 aliphatic heterocycles. The number of rotatable bonds is 4. The summed E-state index contributed by atoms with van der Waals surface area (Å²) in [6.45, 7) is 1.14. The number of hydrogen-bond acceptors (Lipinski definition) is 7. The fraction of sp³-hybridized carbons (Fsp3) is 0.100. The van der Waals surface area contributed by atoms with E-state index in [1.807, 2.05) is 0 Å². The van der Waals surface area contributed by atoms with Crippen LogP contribution in [0.25, 0.3) is 20.2 Å². The van der Waals surface area contributed by atoms with Crippen molar-refractivity contribution in [2.75, 3.05) is 22.9 Å². The Kier molecular flexibility index (Phi) is 3.85. The predicted molar refractivity (Wildman–Crippen MR) is 120 cm³/mol. The molecule has 9 heteroatoms. The lowest BCUT2D eigenvalue weighted by molar-refractivity contribution is 0.697.